The van der Waals surface area contributed by atoms with Gasteiger partial charge in [-0.05, 0) is 44.0 Å². The normalized spacial score (nSPS) is 16.8. The molecule has 0 amide bonds. The van der Waals surface area contributed by atoms with Crippen molar-refractivity contribution in [1.82, 2.24) is 5.32 Å². The monoisotopic (exact) mass is 351 g/mol. The van der Waals surface area contributed by atoms with Gasteiger partial charge in [0, 0.05) is 25.0 Å². The van der Waals surface area contributed by atoms with Crippen LogP contribution in [0.1, 0.15) is 52.5 Å². The van der Waals surface area contributed by atoms with Crippen LogP contribution in [0.5, 0.6) is 0 Å². The molecule has 0 radical (unpaired) electrons. The van der Waals surface area contributed by atoms with Crippen LogP contribution < -0.4 is 16.4 Å². The van der Waals surface area contributed by atoms with Crippen LogP contribution in [0.4, 0.5) is 5.69 Å². The number of benzene rings is 1. The van der Waals surface area contributed by atoms with Gasteiger partial charge in [0.2, 0.25) is 0 Å². The average Bonchev–Trinajstić information content (AvgIpc) is 2.70. The van der Waals surface area contributed by atoms with Gasteiger partial charge in [-0.2, -0.15) is 0 Å². The van der Waals surface area contributed by atoms with E-state index in [1.54, 1.807) is 6.20 Å². The Morgan fingerprint density at radius 3 is 2.44 bits per heavy atom. The fourth-order valence-electron chi connectivity index (χ4n) is 2.17. The fraction of sp³-hybridized carbons (Fsp3) is 0.600. The summed E-state index contributed by atoms with van der Waals surface area (Å²) in [5.74, 6) is 0. The third kappa shape index (κ3) is 10.8. The van der Waals surface area contributed by atoms with Crippen LogP contribution in [-0.2, 0) is 16.0 Å². The number of hydrogen-bond acceptors (Lipinski definition) is 5. The molecule has 0 bridgehead atoms. The Bertz CT molecular complexity index is 441. The summed E-state index contributed by atoms with van der Waals surface area (Å²) in [6, 6.07) is 8.22. The first-order chi connectivity index (χ1) is 12.3. The van der Waals surface area contributed by atoms with Gasteiger partial charge in [-0.1, -0.05) is 39.8 Å². The zero-order valence-electron chi connectivity index (χ0n) is 16.6. The summed E-state index contributed by atoms with van der Waals surface area (Å²) >= 11 is 0. The van der Waals surface area contributed by atoms with Gasteiger partial charge in [0.05, 0.1) is 12.3 Å². The number of nitrogens with two attached hydrogens (primary N) is 1. The van der Waals surface area contributed by atoms with Gasteiger partial charge < -0.3 is 25.8 Å². The van der Waals surface area contributed by atoms with Crippen LogP contribution in [0.3, 0.4) is 0 Å². The van der Waals surface area contributed by atoms with Gasteiger partial charge in [0.1, 0.15) is 0 Å². The Morgan fingerprint density at radius 2 is 1.88 bits per heavy atom. The van der Waals surface area contributed by atoms with Gasteiger partial charge in [-0.15, -0.1) is 0 Å². The standard InChI is InChI=1S/C16H25N3O2.2C2H6/c1-18-10-13-5-7-15(8-6-13)19-11-14(17)12-21-16-4-2-3-9-20-16;2*1-2/h5-8,11,16,18-19H,2-4,9-10,12,17H2,1H3;2*1-2H3/b14-11-;;. The molecule has 1 unspecified atom stereocenters. The van der Waals surface area contributed by atoms with Crippen molar-refractivity contribution < 1.29 is 9.47 Å². The molecule has 4 N–H and O–H groups in total. The van der Waals surface area contributed by atoms with Crippen molar-refractivity contribution in [2.45, 2.75) is 59.8 Å². The highest BCUT2D eigenvalue weighted by Crippen LogP contribution is 2.14. The lowest BCUT2D eigenvalue weighted by Gasteiger charge is -2.22. The molecule has 1 aromatic carbocycles. The Kier molecular flexibility index (Phi) is 14.9. The maximum absolute atomic E-state index is 5.92. The second-order valence-electron chi connectivity index (χ2n) is 5.20. The van der Waals surface area contributed by atoms with Gasteiger partial charge in [-0.25, -0.2) is 0 Å². The van der Waals surface area contributed by atoms with E-state index in [9.17, 15) is 0 Å². The third-order valence-corrected chi connectivity index (χ3v) is 3.33. The molecule has 144 valence electrons. The summed E-state index contributed by atoms with van der Waals surface area (Å²) in [7, 11) is 1.94. The van der Waals surface area contributed by atoms with Gasteiger partial charge >= 0.3 is 0 Å². The van der Waals surface area contributed by atoms with Crippen molar-refractivity contribution in [2.24, 2.45) is 5.73 Å². The van der Waals surface area contributed by atoms with Crippen molar-refractivity contribution >= 4 is 5.69 Å². The van der Waals surface area contributed by atoms with Crippen LogP contribution in [0.2, 0.25) is 0 Å². The summed E-state index contributed by atoms with van der Waals surface area (Å²) in [6.45, 7) is 10.0. The van der Waals surface area contributed by atoms with Crippen molar-refractivity contribution in [3.8, 4) is 0 Å². The van der Waals surface area contributed by atoms with Crippen LogP contribution in [-0.4, -0.2) is 26.6 Å². The second-order valence-corrected chi connectivity index (χ2v) is 5.20. The number of nitrogens with one attached hydrogen (secondary N) is 2. The van der Waals surface area contributed by atoms with E-state index in [1.807, 2.05) is 46.9 Å². The number of ether oxygens (including phenoxy) is 2. The molecule has 0 spiro atoms. The van der Waals surface area contributed by atoms with E-state index < -0.39 is 0 Å². The van der Waals surface area contributed by atoms with E-state index in [0.29, 0.717) is 12.3 Å². The van der Waals surface area contributed by atoms with Gasteiger partial charge in [0.15, 0.2) is 6.29 Å². The maximum atomic E-state index is 5.92. The lowest BCUT2D eigenvalue weighted by atomic mass is 10.2. The first kappa shape index (κ1) is 23.4. The quantitative estimate of drug-likeness (QED) is 0.686. The Hall–Kier alpha value is -1.56. The van der Waals surface area contributed by atoms with Crippen molar-refractivity contribution in [2.75, 3.05) is 25.6 Å². The molecule has 1 aliphatic rings. The minimum absolute atomic E-state index is 0.105. The Balaban J connectivity index is 0.00000134. The lowest BCUT2D eigenvalue weighted by Crippen LogP contribution is -2.24. The van der Waals surface area contributed by atoms with E-state index in [1.165, 1.54) is 5.56 Å². The number of rotatable bonds is 7. The first-order valence-corrected chi connectivity index (χ1v) is 9.46. The Morgan fingerprint density at radius 1 is 1.20 bits per heavy atom. The summed E-state index contributed by atoms with van der Waals surface area (Å²) < 4.78 is 11.1. The van der Waals surface area contributed by atoms with E-state index in [-0.39, 0.29) is 6.29 Å². The van der Waals surface area contributed by atoms with Crippen LogP contribution in [0.15, 0.2) is 36.2 Å². The minimum Gasteiger partial charge on any atom is -0.399 e. The predicted molar refractivity (Wildman–Crippen MR) is 107 cm³/mol. The summed E-state index contributed by atoms with van der Waals surface area (Å²) in [5.41, 5.74) is 8.83. The van der Waals surface area contributed by atoms with E-state index >= 15 is 0 Å². The average molecular weight is 352 g/mol. The lowest BCUT2D eigenvalue weighted by molar-refractivity contribution is -0.157. The summed E-state index contributed by atoms with van der Waals surface area (Å²) in [4.78, 5) is 0. The van der Waals surface area contributed by atoms with Crippen molar-refractivity contribution in [1.29, 1.82) is 0 Å². The summed E-state index contributed by atoms with van der Waals surface area (Å²) in [5, 5.41) is 6.29. The molecule has 1 aliphatic heterocycles. The minimum atomic E-state index is -0.105. The zero-order chi connectivity index (χ0) is 18.9. The van der Waals surface area contributed by atoms with E-state index in [0.717, 1.165) is 38.1 Å². The van der Waals surface area contributed by atoms with E-state index in [2.05, 4.69) is 22.8 Å². The van der Waals surface area contributed by atoms with Gasteiger partial charge in [-0.3, -0.25) is 0 Å². The molecule has 1 fully saturated rings. The number of hydrogen-bond donors (Lipinski definition) is 3. The number of anilines is 1. The molecule has 1 atom stereocenters. The third-order valence-electron chi connectivity index (χ3n) is 3.33. The van der Waals surface area contributed by atoms with Crippen LogP contribution in [0, 0.1) is 0 Å². The van der Waals surface area contributed by atoms with E-state index in [4.69, 9.17) is 15.2 Å². The summed E-state index contributed by atoms with van der Waals surface area (Å²) in [6.07, 6.45) is 4.90. The highest BCUT2D eigenvalue weighted by Gasteiger charge is 2.13. The smallest absolute Gasteiger partial charge is 0.158 e. The predicted octanol–water partition coefficient (Wildman–Crippen LogP) is 4.21. The zero-order valence-corrected chi connectivity index (χ0v) is 16.6. The first-order valence-electron chi connectivity index (χ1n) is 9.46. The molecule has 25 heavy (non-hydrogen) atoms. The van der Waals surface area contributed by atoms with Crippen molar-refractivity contribution in [3.05, 3.63) is 41.7 Å². The molecule has 1 aromatic rings. The topological polar surface area (TPSA) is 68.5 Å². The molecule has 1 saturated heterocycles. The maximum Gasteiger partial charge on any atom is 0.158 e. The second kappa shape index (κ2) is 15.9. The fourth-order valence-corrected chi connectivity index (χ4v) is 2.17. The van der Waals surface area contributed by atoms with Crippen LogP contribution >= 0.6 is 0 Å². The SMILES string of the molecule is CC.CC.CNCc1ccc(N/C=C(\N)COC2CCCCO2)cc1. The Labute approximate surface area is 154 Å². The molecule has 1 heterocycles. The highest BCUT2D eigenvalue weighted by atomic mass is 16.7. The highest BCUT2D eigenvalue weighted by molar-refractivity contribution is 5.47. The molecule has 5 heteroatoms. The molecule has 0 aliphatic carbocycles. The largest absolute Gasteiger partial charge is 0.399 e. The van der Waals surface area contributed by atoms with Crippen molar-refractivity contribution in [3.63, 3.8) is 0 Å². The molecule has 0 saturated carbocycles. The molecule has 5 nitrogen and oxygen atoms in total. The van der Waals surface area contributed by atoms with Crippen LogP contribution in [0.25, 0.3) is 0 Å². The molecular weight excluding hydrogens is 314 g/mol. The van der Waals surface area contributed by atoms with Gasteiger partial charge in [0.25, 0.3) is 0 Å². The molecular formula is C20H37N3O2. The molecule has 0 aromatic heterocycles. The molecule has 2 rings (SSSR count).